The Morgan fingerprint density at radius 1 is 1.00 bits per heavy atom. The van der Waals surface area contributed by atoms with E-state index in [1.807, 2.05) is 18.2 Å². The first-order valence-corrected chi connectivity index (χ1v) is 15.3. The summed E-state index contributed by atoms with van der Waals surface area (Å²) < 4.78 is 29.1. The molecule has 220 valence electrons. The van der Waals surface area contributed by atoms with Crippen LogP contribution in [0.5, 0.6) is 0 Å². The Kier molecular flexibility index (Phi) is 8.55. The zero-order valence-corrected chi connectivity index (χ0v) is 24.8. The van der Waals surface area contributed by atoms with E-state index in [0.29, 0.717) is 5.69 Å². The van der Waals surface area contributed by atoms with Gasteiger partial charge in [-0.2, -0.15) is 12.6 Å². The standard InChI is InChI=1S/C32H29F2N5O2S2/c33-23-12-21(13-24(34)15-23)14-30(40)36-27(19-42)31(41)35-25-8-6-22(7-9-25)26-17-39-28-10-11-38(16-20-4-2-1-3-5-20)18-29(28)43-32(39)37-26/h1-9,12-13,15,17,27,42H,10-11,14,16,18-19H2,(H,35,41)(H,36,40)/t27-/m0/s1. The molecule has 1 atom stereocenters. The topological polar surface area (TPSA) is 78.7 Å². The minimum Gasteiger partial charge on any atom is -0.343 e. The number of anilines is 1. The fourth-order valence-electron chi connectivity index (χ4n) is 5.27. The lowest BCUT2D eigenvalue weighted by atomic mass is 10.1. The molecule has 2 amide bonds. The molecule has 11 heteroatoms. The third-order valence-corrected chi connectivity index (χ3v) is 8.80. The number of halogens is 2. The summed E-state index contributed by atoms with van der Waals surface area (Å²) >= 11 is 5.92. The summed E-state index contributed by atoms with van der Waals surface area (Å²) in [7, 11) is 0. The van der Waals surface area contributed by atoms with Crippen LogP contribution >= 0.6 is 24.0 Å². The molecule has 1 aliphatic rings. The Morgan fingerprint density at radius 2 is 1.74 bits per heavy atom. The molecule has 0 fully saturated rings. The van der Waals surface area contributed by atoms with Crippen molar-refractivity contribution in [3.8, 4) is 11.3 Å². The third-order valence-electron chi connectivity index (χ3n) is 7.35. The van der Waals surface area contributed by atoms with Gasteiger partial charge in [0.1, 0.15) is 17.7 Å². The average molecular weight is 618 g/mol. The number of amides is 2. The Balaban J connectivity index is 1.07. The van der Waals surface area contributed by atoms with Gasteiger partial charge in [0, 0.05) is 65.9 Å². The molecule has 2 aromatic heterocycles. The molecule has 3 heterocycles. The first kappa shape index (κ1) is 29.0. The van der Waals surface area contributed by atoms with Gasteiger partial charge in [0.2, 0.25) is 11.8 Å². The molecule has 5 aromatic rings. The van der Waals surface area contributed by atoms with Crippen LogP contribution in [0, 0.1) is 11.6 Å². The molecule has 7 nitrogen and oxygen atoms in total. The number of carbonyl (C=O) groups excluding carboxylic acids is 2. The predicted molar refractivity (Wildman–Crippen MR) is 167 cm³/mol. The molecular formula is C32H29F2N5O2S2. The smallest absolute Gasteiger partial charge is 0.247 e. The van der Waals surface area contributed by atoms with Crippen molar-refractivity contribution in [2.75, 3.05) is 17.6 Å². The maximum atomic E-state index is 13.4. The van der Waals surface area contributed by atoms with Crippen molar-refractivity contribution in [1.82, 2.24) is 19.6 Å². The highest BCUT2D eigenvalue weighted by Gasteiger charge is 2.23. The number of benzene rings is 3. The van der Waals surface area contributed by atoms with Crippen LogP contribution in [0.4, 0.5) is 14.5 Å². The van der Waals surface area contributed by atoms with Crippen LogP contribution in [-0.4, -0.2) is 44.4 Å². The van der Waals surface area contributed by atoms with Crippen LogP contribution in [0.1, 0.15) is 21.7 Å². The van der Waals surface area contributed by atoms with E-state index in [4.69, 9.17) is 4.98 Å². The van der Waals surface area contributed by atoms with Gasteiger partial charge in [0.05, 0.1) is 12.1 Å². The van der Waals surface area contributed by atoms with E-state index in [0.717, 1.165) is 60.5 Å². The number of carbonyl (C=O) groups is 2. The molecule has 0 spiro atoms. The minimum absolute atomic E-state index is 0.0485. The van der Waals surface area contributed by atoms with Gasteiger partial charge in [0.15, 0.2) is 4.96 Å². The Bertz CT molecular complexity index is 1750. The van der Waals surface area contributed by atoms with Crippen molar-refractivity contribution in [2.24, 2.45) is 0 Å². The maximum absolute atomic E-state index is 13.4. The second-order valence-electron chi connectivity index (χ2n) is 10.5. The number of thiazole rings is 1. The summed E-state index contributed by atoms with van der Waals surface area (Å²) in [6.45, 7) is 2.84. The molecule has 0 saturated carbocycles. The second kappa shape index (κ2) is 12.7. The molecule has 0 aliphatic carbocycles. The van der Waals surface area contributed by atoms with Crippen molar-refractivity contribution >= 4 is 46.4 Å². The molecule has 3 aromatic carbocycles. The lowest BCUT2D eigenvalue weighted by Crippen LogP contribution is -2.45. The van der Waals surface area contributed by atoms with E-state index in [9.17, 15) is 18.4 Å². The summed E-state index contributed by atoms with van der Waals surface area (Å²) in [6, 6.07) is 19.8. The molecular weight excluding hydrogens is 589 g/mol. The number of hydrogen-bond donors (Lipinski definition) is 3. The summed E-state index contributed by atoms with van der Waals surface area (Å²) in [5.41, 5.74) is 5.14. The van der Waals surface area contributed by atoms with Crippen LogP contribution in [0.3, 0.4) is 0 Å². The van der Waals surface area contributed by atoms with Gasteiger partial charge in [0.25, 0.3) is 0 Å². The Labute approximate surface area is 257 Å². The van der Waals surface area contributed by atoms with Crippen molar-refractivity contribution < 1.29 is 18.4 Å². The number of imidazole rings is 1. The highest BCUT2D eigenvalue weighted by Crippen LogP contribution is 2.32. The van der Waals surface area contributed by atoms with Gasteiger partial charge < -0.3 is 10.6 Å². The first-order chi connectivity index (χ1) is 20.8. The highest BCUT2D eigenvalue weighted by molar-refractivity contribution is 7.80. The number of nitrogens with one attached hydrogen (secondary N) is 2. The fourth-order valence-corrected chi connectivity index (χ4v) is 6.72. The molecule has 2 N–H and O–H groups in total. The van der Waals surface area contributed by atoms with Crippen LogP contribution in [0.15, 0.2) is 79.0 Å². The monoisotopic (exact) mass is 617 g/mol. The number of aromatic nitrogens is 2. The zero-order chi connectivity index (χ0) is 29.9. The predicted octanol–water partition coefficient (Wildman–Crippen LogP) is 5.50. The second-order valence-corrected chi connectivity index (χ2v) is 11.9. The first-order valence-electron chi connectivity index (χ1n) is 13.9. The lowest BCUT2D eigenvalue weighted by molar-refractivity contribution is -0.125. The average Bonchev–Trinajstić information content (AvgIpc) is 3.54. The fraction of sp³-hybridized carbons (Fsp3) is 0.219. The summed E-state index contributed by atoms with van der Waals surface area (Å²) in [4.78, 5) is 34.9. The van der Waals surface area contributed by atoms with Crippen LogP contribution in [0.25, 0.3) is 16.2 Å². The van der Waals surface area contributed by atoms with Gasteiger partial charge in [-0.15, -0.1) is 0 Å². The van der Waals surface area contributed by atoms with Crippen LogP contribution < -0.4 is 10.6 Å². The molecule has 43 heavy (non-hydrogen) atoms. The van der Waals surface area contributed by atoms with Crippen molar-refractivity contribution in [3.63, 3.8) is 0 Å². The van der Waals surface area contributed by atoms with Gasteiger partial charge in [-0.3, -0.25) is 18.9 Å². The molecule has 0 unspecified atom stereocenters. The summed E-state index contributed by atoms with van der Waals surface area (Å²) in [6.07, 6.45) is 2.77. The quantitative estimate of drug-likeness (QED) is 0.191. The van der Waals surface area contributed by atoms with Crippen LogP contribution in [0.2, 0.25) is 0 Å². The van der Waals surface area contributed by atoms with Gasteiger partial charge in [-0.25, -0.2) is 13.8 Å². The Morgan fingerprint density at radius 3 is 2.47 bits per heavy atom. The van der Waals surface area contributed by atoms with Gasteiger partial charge in [-0.1, -0.05) is 53.8 Å². The van der Waals surface area contributed by atoms with Crippen LogP contribution in [-0.2, 0) is 35.5 Å². The molecule has 0 saturated heterocycles. The number of rotatable bonds is 9. The van der Waals surface area contributed by atoms with E-state index in [1.54, 1.807) is 23.5 Å². The minimum atomic E-state index is -0.927. The normalized spacial score (nSPS) is 13.9. The lowest BCUT2D eigenvalue weighted by Gasteiger charge is -2.26. The number of hydrogen-bond acceptors (Lipinski definition) is 6. The molecule has 6 rings (SSSR count). The van der Waals surface area contributed by atoms with E-state index in [1.165, 1.54) is 16.1 Å². The highest BCUT2D eigenvalue weighted by atomic mass is 32.1. The Hall–Kier alpha value is -4.06. The maximum Gasteiger partial charge on any atom is 0.247 e. The summed E-state index contributed by atoms with van der Waals surface area (Å²) in [5.74, 6) is -2.48. The zero-order valence-electron chi connectivity index (χ0n) is 23.1. The molecule has 1 aliphatic heterocycles. The van der Waals surface area contributed by atoms with Crippen molar-refractivity contribution in [2.45, 2.75) is 32.0 Å². The van der Waals surface area contributed by atoms with Gasteiger partial charge >= 0.3 is 0 Å². The number of thiol groups is 1. The largest absolute Gasteiger partial charge is 0.343 e. The SMILES string of the molecule is O=C(Cc1cc(F)cc(F)c1)N[C@@H](CS)C(=O)Nc1ccc(-c2cn3c4c(sc3n2)CN(Cc2ccccc2)CC4)cc1. The van der Waals surface area contributed by atoms with E-state index in [2.05, 4.69) is 63.0 Å². The van der Waals surface area contributed by atoms with Gasteiger partial charge in [-0.05, 0) is 35.4 Å². The van der Waals surface area contributed by atoms with Crippen molar-refractivity contribution in [1.29, 1.82) is 0 Å². The number of fused-ring (bicyclic) bond motifs is 3. The summed E-state index contributed by atoms with van der Waals surface area (Å²) in [5, 5.41) is 5.37. The molecule has 0 bridgehead atoms. The van der Waals surface area contributed by atoms with Crippen molar-refractivity contribution in [3.05, 3.63) is 112 Å². The van der Waals surface area contributed by atoms with E-state index in [-0.39, 0.29) is 17.7 Å². The third kappa shape index (κ3) is 6.79. The van der Waals surface area contributed by atoms with E-state index < -0.39 is 29.5 Å². The van der Waals surface area contributed by atoms with E-state index >= 15 is 0 Å². The molecule has 0 radical (unpaired) electrons. The number of nitrogens with zero attached hydrogens (tertiary/aromatic N) is 3.